The third-order valence-corrected chi connectivity index (χ3v) is 6.60. The number of aromatic nitrogens is 2. The number of benzene rings is 2. The molecule has 3 aromatic rings. The Morgan fingerprint density at radius 3 is 2.69 bits per heavy atom. The summed E-state index contributed by atoms with van der Waals surface area (Å²) in [4.78, 5) is 6.06. The molecule has 0 unspecified atom stereocenters. The Bertz CT molecular complexity index is 983. The third kappa shape index (κ3) is 4.80. The normalized spacial score (nSPS) is 13.9. The number of hydrogen-bond donors (Lipinski definition) is 2. The van der Waals surface area contributed by atoms with Crippen LogP contribution in [0.5, 0.6) is 0 Å². The van der Waals surface area contributed by atoms with Crippen LogP contribution in [-0.2, 0) is 13.1 Å². The smallest absolute Gasteiger partial charge is 0.212 e. The molecular formula is C19H18ClF2N5S2. The van der Waals surface area contributed by atoms with E-state index in [1.807, 2.05) is 18.2 Å². The molecule has 0 atom stereocenters. The average Bonchev–Trinajstić information content (AvgIpc) is 3.20. The van der Waals surface area contributed by atoms with Crippen LogP contribution < -0.4 is 10.0 Å². The molecule has 0 bridgehead atoms. The molecule has 152 valence electrons. The van der Waals surface area contributed by atoms with Crippen LogP contribution in [0, 0.1) is 11.6 Å². The van der Waals surface area contributed by atoms with Gasteiger partial charge in [0.05, 0.1) is 5.69 Å². The molecule has 0 aliphatic carbocycles. The van der Waals surface area contributed by atoms with Crippen LogP contribution in [0.15, 0.2) is 41.6 Å². The molecule has 0 radical (unpaired) electrons. The topological polar surface area (TPSA) is 53.1 Å². The van der Waals surface area contributed by atoms with Crippen molar-refractivity contribution in [2.45, 2.75) is 24.4 Å². The van der Waals surface area contributed by atoms with E-state index in [1.54, 1.807) is 0 Å². The molecule has 1 aliphatic rings. The van der Waals surface area contributed by atoms with Gasteiger partial charge in [-0.15, -0.1) is 0 Å². The van der Waals surface area contributed by atoms with Crippen LogP contribution in [0.4, 0.5) is 19.6 Å². The van der Waals surface area contributed by atoms with Crippen LogP contribution in [0.25, 0.3) is 0 Å². The van der Waals surface area contributed by atoms with Crippen LogP contribution in [0.2, 0.25) is 5.02 Å². The van der Waals surface area contributed by atoms with Crippen LogP contribution >= 0.6 is 35.1 Å². The minimum atomic E-state index is -0.815. The van der Waals surface area contributed by atoms with Crippen LogP contribution in [-0.4, -0.2) is 27.3 Å². The summed E-state index contributed by atoms with van der Waals surface area (Å²) in [5.41, 5.74) is 2.50. The summed E-state index contributed by atoms with van der Waals surface area (Å²) < 4.78 is 35.8. The number of anilines is 2. The van der Waals surface area contributed by atoms with Gasteiger partial charge in [0.2, 0.25) is 5.13 Å². The van der Waals surface area contributed by atoms with Crippen molar-refractivity contribution < 1.29 is 8.78 Å². The standard InChI is InChI=1S/C19H18ClF2N5S2/c20-16-15(8-14(21)18(17(16)22)28-26-19-24-11-25-29-19)23-9-12-4-1-2-5-13(12)10-27-6-3-7-27/h1-2,4-5,8,11,23H,3,6-7,9-10H2,(H,24,25,26). The van der Waals surface area contributed by atoms with E-state index in [9.17, 15) is 8.78 Å². The molecule has 1 aliphatic heterocycles. The highest BCUT2D eigenvalue weighted by Crippen LogP contribution is 2.36. The number of halogens is 3. The highest BCUT2D eigenvalue weighted by molar-refractivity contribution is 8.00. The molecule has 4 rings (SSSR count). The quantitative estimate of drug-likeness (QED) is 0.351. The number of nitrogens with one attached hydrogen (secondary N) is 2. The maximum absolute atomic E-state index is 14.7. The number of likely N-dealkylation sites (tertiary alicyclic amines) is 1. The Kier molecular flexibility index (Phi) is 6.49. The van der Waals surface area contributed by atoms with Crippen LogP contribution in [0.3, 0.4) is 0 Å². The molecule has 1 aromatic heterocycles. The van der Waals surface area contributed by atoms with E-state index in [-0.39, 0.29) is 15.6 Å². The third-order valence-electron chi connectivity index (χ3n) is 4.65. The van der Waals surface area contributed by atoms with Gasteiger partial charge in [-0.25, -0.2) is 13.8 Å². The lowest BCUT2D eigenvalue weighted by Crippen LogP contribution is -2.36. The fourth-order valence-electron chi connectivity index (χ4n) is 2.97. The van der Waals surface area contributed by atoms with Gasteiger partial charge in [0, 0.05) is 24.6 Å². The second-order valence-corrected chi connectivity index (χ2v) is 8.54. The Morgan fingerprint density at radius 1 is 1.21 bits per heavy atom. The van der Waals surface area contributed by atoms with E-state index >= 15 is 0 Å². The molecule has 1 saturated heterocycles. The average molecular weight is 454 g/mol. The molecule has 2 heterocycles. The Morgan fingerprint density at radius 2 is 2.00 bits per heavy atom. The van der Waals surface area contributed by atoms with Gasteiger partial charge in [0.25, 0.3) is 0 Å². The molecule has 2 N–H and O–H groups in total. The molecule has 1 fully saturated rings. The lowest BCUT2D eigenvalue weighted by molar-refractivity contribution is 0.172. The van der Waals surface area contributed by atoms with Crippen LogP contribution in [0.1, 0.15) is 17.5 Å². The monoisotopic (exact) mass is 453 g/mol. The van der Waals surface area contributed by atoms with Gasteiger partial charge in [0.1, 0.15) is 22.1 Å². The molecule has 5 nitrogen and oxygen atoms in total. The zero-order valence-corrected chi connectivity index (χ0v) is 17.7. The predicted octanol–water partition coefficient (Wildman–Crippen LogP) is 5.41. The predicted molar refractivity (Wildman–Crippen MR) is 114 cm³/mol. The zero-order chi connectivity index (χ0) is 20.2. The van der Waals surface area contributed by atoms with Crippen molar-refractivity contribution in [3.63, 3.8) is 0 Å². The maximum atomic E-state index is 14.7. The second kappa shape index (κ2) is 9.25. The number of nitrogens with zero attached hydrogens (tertiary/aromatic N) is 3. The van der Waals surface area contributed by atoms with Crippen molar-refractivity contribution in [2.24, 2.45) is 0 Å². The van der Waals surface area contributed by atoms with Crippen molar-refractivity contribution >= 4 is 45.9 Å². The van der Waals surface area contributed by atoms with Crippen molar-refractivity contribution in [3.05, 3.63) is 64.4 Å². The van der Waals surface area contributed by atoms with Gasteiger partial charge in [-0.1, -0.05) is 35.9 Å². The summed E-state index contributed by atoms with van der Waals surface area (Å²) >= 11 is 8.04. The first-order valence-electron chi connectivity index (χ1n) is 9.02. The van der Waals surface area contributed by atoms with Gasteiger partial charge < -0.3 is 10.0 Å². The second-order valence-electron chi connectivity index (χ2n) is 6.57. The minimum absolute atomic E-state index is 0.145. The summed E-state index contributed by atoms with van der Waals surface area (Å²) in [6.07, 6.45) is 2.59. The summed E-state index contributed by atoms with van der Waals surface area (Å²) in [6.45, 7) is 3.52. The fraction of sp³-hybridized carbons (Fsp3) is 0.263. The molecule has 2 aromatic carbocycles. The van der Waals surface area contributed by atoms with E-state index < -0.39 is 11.6 Å². The van der Waals surface area contributed by atoms with Crippen molar-refractivity contribution in [1.82, 2.24) is 14.3 Å². The molecule has 0 spiro atoms. The molecule has 29 heavy (non-hydrogen) atoms. The first-order chi connectivity index (χ1) is 14.1. The van der Waals surface area contributed by atoms with Crippen molar-refractivity contribution in [1.29, 1.82) is 0 Å². The summed E-state index contributed by atoms with van der Waals surface area (Å²) in [6, 6.07) is 9.27. The number of rotatable bonds is 8. The van der Waals surface area contributed by atoms with Gasteiger partial charge in [-0.2, -0.15) is 4.37 Å². The minimum Gasteiger partial charge on any atom is -0.380 e. The zero-order valence-electron chi connectivity index (χ0n) is 15.3. The van der Waals surface area contributed by atoms with Gasteiger partial charge in [-0.05, 0) is 48.7 Å². The Labute approximate surface area is 180 Å². The van der Waals surface area contributed by atoms with E-state index in [2.05, 4.69) is 30.4 Å². The fourth-order valence-corrected chi connectivity index (χ4v) is 4.39. The first kappa shape index (κ1) is 20.3. The largest absolute Gasteiger partial charge is 0.380 e. The molecule has 0 amide bonds. The Balaban J connectivity index is 1.46. The molecule has 0 saturated carbocycles. The van der Waals surface area contributed by atoms with E-state index in [0.29, 0.717) is 11.7 Å². The first-order valence-corrected chi connectivity index (χ1v) is 11.0. The van der Waals surface area contributed by atoms with Gasteiger partial charge in [-0.3, -0.25) is 4.90 Å². The highest BCUT2D eigenvalue weighted by Gasteiger charge is 2.19. The lowest BCUT2D eigenvalue weighted by atomic mass is 10.1. The molecular weight excluding hydrogens is 436 g/mol. The van der Waals surface area contributed by atoms with E-state index in [4.69, 9.17) is 11.6 Å². The van der Waals surface area contributed by atoms with Crippen molar-refractivity contribution in [2.75, 3.05) is 23.1 Å². The van der Waals surface area contributed by atoms with E-state index in [0.717, 1.165) is 48.7 Å². The maximum Gasteiger partial charge on any atom is 0.212 e. The van der Waals surface area contributed by atoms with Gasteiger partial charge in [0.15, 0.2) is 5.82 Å². The van der Waals surface area contributed by atoms with Crippen molar-refractivity contribution in [3.8, 4) is 0 Å². The SMILES string of the molecule is Fc1cc(NCc2ccccc2CN2CCC2)c(Cl)c(F)c1SNc1ncns1. The number of hydrogen-bond acceptors (Lipinski definition) is 7. The van der Waals surface area contributed by atoms with Gasteiger partial charge >= 0.3 is 0 Å². The van der Waals surface area contributed by atoms with E-state index in [1.165, 1.54) is 24.4 Å². The summed E-state index contributed by atoms with van der Waals surface area (Å²) in [5, 5.41) is 3.38. The molecule has 10 heteroatoms. The summed E-state index contributed by atoms with van der Waals surface area (Å²) in [7, 11) is 0. The highest BCUT2D eigenvalue weighted by atomic mass is 35.5. The lowest BCUT2D eigenvalue weighted by Gasteiger charge is -2.31. The summed E-state index contributed by atoms with van der Waals surface area (Å²) in [5.74, 6) is -1.52. The Hall–Kier alpha value is -1.94.